The van der Waals surface area contributed by atoms with Gasteiger partial charge in [0.15, 0.2) is 0 Å². The van der Waals surface area contributed by atoms with Crippen LogP contribution in [0.2, 0.25) is 0 Å². The summed E-state index contributed by atoms with van der Waals surface area (Å²) in [6.45, 7) is 13.0. The number of barbiturate groups is 1. The minimum Gasteiger partial charge on any atom is -0.364 e. The Bertz CT molecular complexity index is 1230. The van der Waals surface area contributed by atoms with Gasteiger partial charge in [-0.2, -0.15) is 0 Å². The van der Waals surface area contributed by atoms with Crippen LogP contribution in [0.3, 0.4) is 0 Å². The first kappa shape index (κ1) is 23.7. The predicted octanol–water partition coefficient (Wildman–Crippen LogP) is 5.30. The molecule has 2 heterocycles. The Hall–Kier alpha value is -3.48. The van der Waals surface area contributed by atoms with Crippen molar-refractivity contribution in [2.45, 2.75) is 65.5 Å². The highest BCUT2D eigenvalue weighted by atomic mass is 19.1. The highest BCUT2D eigenvalue weighted by Gasteiger charge is 2.40. The van der Waals surface area contributed by atoms with Gasteiger partial charge in [-0.05, 0) is 94.0 Å². The second kappa shape index (κ2) is 8.38. The Morgan fingerprint density at radius 2 is 1.79 bits per heavy atom. The lowest BCUT2D eigenvalue weighted by atomic mass is 9.78. The zero-order chi connectivity index (χ0) is 24.9. The maximum atomic E-state index is 14.3. The van der Waals surface area contributed by atoms with Crippen LogP contribution in [-0.4, -0.2) is 29.4 Å². The Labute approximate surface area is 199 Å². The number of carbonyl (C=O) groups is 3. The standard InChI is InChI=1S/C27H30FN3O3/c1-15(2)31-23-11-16(3)18(12-19(23)17(4)14-27(31,5)6)13-20-24(32)29-26(34)30(25(20)33)22-10-8-7-9-21(22)28/h7-13,15,17H,14H2,1-6H3,(H,29,32,34)/b20-13+/t17-/m1/s1. The quantitative estimate of drug-likeness (QED) is 0.495. The molecule has 0 spiro atoms. The Kier molecular flexibility index (Phi) is 5.84. The molecule has 2 aromatic rings. The average Bonchev–Trinajstić information content (AvgIpc) is 2.72. The molecule has 1 fully saturated rings. The van der Waals surface area contributed by atoms with E-state index in [0.29, 0.717) is 10.9 Å². The molecule has 0 aromatic heterocycles. The van der Waals surface area contributed by atoms with Crippen LogP contribution in [0.1, 0.15) is 63.6 Å². The van der Waals surface area contributed by atoms with Crippen LogP contribution >= 0.6 is 0 Å². The normalized spacial score (nSPS) is 21.2. The number of fused-ring (bicyclic) bond motifs is 1. The Morgan fingerprint density at radius 3 is 2.44 bits per heavy atom. The summed E-state index contributed by atoms with van der Waals surface area (Å²) in [5, 5.41) is 2.16. The molecule has 34 heavy (non-hydrogen) atoms. The summed E-state index contributed by atoms with van der Waals surface area (Å²) in [4.78, 5) is 41.3. The van der Waals surface area contributed by atoms with Crippen molar-refractivity contribution < 1.29 is 18.8 Å². The zero-order valence-electron chi connectivity index (χ0n) is 20.4. The number of anilines is 2. The first-order valence-electron chi connectivity index (χ1n) is 11.5. The first-order chi connectivity index (χ1) is 15.9. The number of hydrogen-bond acceptors (Lipinski definition) is 4. The lowest BCUT2D eigenvalue weighted by Gasteiger charge is -2.50. The number of hydrogen-bond donors (Lipinski definition) is 1. The number of urea groups is 1. The molecule has 0 aliphatic carbocycles. The topological polar surface area (TPSA) is 69.7 Å². The van der Waals surface area contributed by atoms with Gasteiger partial charge in [0, 0.05) is 17.3 Å². The smallest absolute Gasteiger partial charge is 0.336 e. The van der Waals surface area contributed by atoms with E-state index in [1.54, 1.807) is 0 Å². The fourth-order valence-electron chi connectivity index (χ4n) is 5.41. The van der Waals surface area contributed by atoms with Crippen LogP contribution in [0.5, 0.6) is 0 Å². The number of rotatable bonds is 3. The first-order valence-corrected chi connectivity index (χ1v) is 11.5. The number of aryl methyl sites for hydroxylation is 1. The maximum absolute atomic E-state index is 14.3. The molecular weight excluding hydrogens is 433 g/mol. The molecule has 4 amide bonds. The summed E-state index contributed by atoms with van der Waals surface area (Å²) in [7, 11) is 0. The van der Waals surface area contributed by atoms with Gasteiger partial charge in [0.25, 0.3) is 11.8 Å². The third kappa shape index (κ3) is 3.89. The molecule has 0 saturated carbocycles. The Balaban J connectivity index is 1.80. The molecule has 1 atom stereocenters. The molecule has 6 nitrogen and oxygen atoms in total. The monoisotopic (exact) mass is 463 g/mol. The van der Waals surface area contributed by atoms with E-state index < -0.39 is 23.7 Å². The summed E-state index contributed by atoms with van der Waals surface area (Å²) < 4.78 is 14.3. The van der Waals surface area contributed by atoms with Crippen molar-refractivity contribution in [3.8, 4) is 0 Å². The SMILES string of the molecule is Cc1cc2c(cc1/C=C1\C(=O)NC(=O)N(c3ccccc3F)C1=O)[C@H](C)CC(C)(C)N2C(C)C. The maximum Gasteiger partial charge on any atom is 0.336 e. The van der Waals surface area contributed by atoms with E-state index in [-0.39, 0.29) is 22.7 Å². The molecule has 0 unspecified atom stereocenters. The largest absolute Gasteiger partial charge is 0.364 e. The number of benzene rings is 2. The van der Waals surface area contributed by atoms with Gasteiger partial charge < -0.3 is 4.90 Å². The van der Waals surface area contributed by atoms with Crippen LogP contribution in [-0.2, 0) is 9.59 Å². The molecule has 1 N–H and O–H groups in total. The fourth-order valence-corrected chi connectivity index (χ4v) is 5.41. The van der Waals surface area contributed by atoms with Gasteiger partial charge in [-0.3, -0.25) is 14.9 Å². The molecule has 0 radical (unpaired) electrons. The lowest BCUT2D eigenvalue weighted by molar-refractivity contribution is -0.122. The van der Waals surface area contributed by atoms with E-state index >= 15 is 0 Å². The van der Waals surface area contributed by atoms with Gasteiger partial charge in [0.2, 0.25) is 0 Å². The van der Waals surface area contributed by atoms with Gasteiger partial charge in [-0.25, -0.2) is 14.1 Å². The third-order valence-corrected chi connectivity index (χ3v) is 6.67. The highest BCUT2D eigenvalue weighted by molar-refractivity contribution is 6.39. The van der Waals surface area contributed by atoms with E-state index in [9.17, 15) is 18.8 Å². The summed E-state index contributed by atoms with van der Waals surface area (Å²) in [5.74, 6) is -2.09. The van der Waals surface area contributed by atoms with Crippen LogP contribution in [0.25, 0.3) is 6.08 Å². The number of nitrogens with one attached hydrogen (secondary N) is 1. The molecule has 2 aliphatic rings. The Morgan fingerprint density at radius 1 is 1.12 bits per heavy atom. The number of halogens is 1. The number of nitrogens with zero attached hydrogens (tertiary/aromatic N) is 2. The van der Waals surface area contributed by atoms with Gasteiger partial charge >= 0.3 is 6.03 Å². The highest BCUT2D eigenvalue weighted by Crippen LogP contribution is 2.45. The summed E-state index contributed by atoms with van der Waals surface area (Å²) in [5.41, 5.74) is 3.50. The minimum atomic E-state index is -0.970. The van der Waals surface area contributed by atoms with E-state index in [2.05, 4.69) is 50.9 Å². The molecule has 2 aromatic carbocycles. The second-order valence-corrected chi connectivity index (χ2v) is 10.1. The van der Waals surface area contributed by atoms with Gasteiger partial charge in [-0.15, -0.1) is 0 Å². The van der Waals surface area contributed by atoms with Crippen molar-refractivity contribution in [2.24, 2.45) is 0 Å². The zero-order valence-corrected chi connectivity index (χ0v) is 20.4. The molecular formula is C27H30FN3O3. The van der Waals surface area contributed by atoms with Crippen molar-refractivity contribution >= 4 is 35.3 Å². The third-order valence-electron chi connectivity index (χ3n) is 6.67. The number of imide groups is 2. The number of para-hydroxylation sites is 1. The van der Waals surface area contributed by atoms with Crippen molar-refractivity contribution in [3.05, 3.63) is 64.5 Å². The second-order valence-electron chi connectivity index (χ2n) is 10.1. The van der Waals surface area contributed by atoms with Crippen LogP contribution in [0.4, 0.5) is 20.6 Å². The van der Waals surface area contributed by atoms with Crippen LogP contribution in [0.15, 0.2) is 42.0 Å². The van der Waals surface area contributed by atoms with Crippen LogP contribution < -0.4 is 15.1 Å². The van der Waals surface area contributed by atoms with E-state index in [1.807, 2.05) is 13.0 Å². The van der Waals surface area contributed by atoms with Crippen molar-refractivity contribution in [3.63, 3.8) is 0 Å². The van der Waals surface area contributed by atoms with Crippen molar-refractivity contribution in [1.29, 1.82) is 0 Å². The van der Waals surface area contributed by atoms with Gasteiger partial charge in [0.1, 0.15) is 11.4 Å². The van der Waals surface area contributed by atoms with Gasteiger partial charge in [-0.1, -0.05) is 19.1 Å². The minimum absolute atomic E-state index is 0.00710. The molecule has 7 heteroatoms. The predicted molar refractivity (Wildman–Crippen MR) is 131 cm³/mol. The van der Waals surface area contributed by atoms with Gasteiger partial charge in [0.05, 0.1) is 5.69 Å². The molecule has 2 aliphatic heterocycles. The van der Waals surface area contributed by atoms with E-state index in [4.69, 9.17) is 0 Å². The fraction of sp³-hybridized carbons (Fsp3) is 0.370. The van der Waals surface area contributed by atoms with Crippen molar-refractivity contribution in [2.75, 3.05) is 9.80 Å². The van der Waals surface area contributed by atoms with E-state index in [1.165, 1.54) is 24.3 Å². The summed E-state index contributed by atoms with van der Waals surface area (Å²) in [6.07, 6.45) is 2.46. The number of carbonyl (C=O) groups excluding carboxylic acids is 3. The van der Waals surface area contributed by atoms with Crippen LogP contribution in [0, 0.1) is 12.7 Å². The molecule has 0 bridgehead atoms. The van der Waals surface area contributed by atoms with Crippen molar-refractivity contribution in [1.82, 2.24) is 5.32 Å². The lowest BCUT2D eigenvalue weighted by Crippen LogP contribution is -2.54. The molecule has 1 saturated heterocycles. The molecule has 4 rings (SSSR count). The summed E-state index contributed by atoms with van der Waals surface area (Å²) >= 11 is 0. The average molecular weight is 464 g/mol. The van der Waals surface area contributed by atoms with E-state index in [0.717, 1.165) is 34.9 Å². The summed E-state index contributed by atoms with van der Waals surface area (Å²) in [6, 6.07) is 8.93. The number of amides is 4. The molecule has 178 valence electrons.